The number of halogens is 1. The van der Waals surface area contributed by atoms with E-state index in [1.165, 1.54) is 12.0 Å². The van der Waals surface area contributed by atoms with Crippen molar-refractivity contribution in [3.63, 3.8) is 0 Å². The van der Waals surface area contributed by atoms with Gasteiger partial charge in [0.05, 0.1) is 43.2 Å². The number of nitrogens with zero attached hydrogens (tertiary/aromatic N) is 1. The molecule has 0 saturated heterocycles. The first-order valence-electron chi connectivity index (χ1n) is 12.1. The summed E-state index contributed by atoms with van der Waals surface area (Å²) in [7, 11) is 1.52. The van der Waals surface area contributed by atoms with Crippen LogP contribution in [0.3, 0.4) is 0 Å². The van der Waals surface area contributed by atoms with E-state index in [4.69, 9.17) is 20.8 Å². The van der Waals surface area contributed by atoms with Gasteiger partial charge in [-0.15, -0.1) is 0 Å². The Bertz CT molecular complexity index is 1620. The second kappa shape index (κ2) is 10.00. The zero-order valence-corrected chi connectivity index (χ0v) is 21.8. The zero-order chi connectivity index (χ0) is 27.1. The van der Waals surface area contributed by atoms with Crippen LogP contribution in [-0.2, 0) is 13.2 Å². The number of benzene rings is 2. The van der Waals surface area contributed by atoms with Crippen molar-refractivity contribution in [3.8, 4) is 5.75 Å². The van der Waals surface area contributed by atoms with Crippen molar-refractivity contribution in [2.45, 2.75) is 39.5 Å². The third-order valence-electron chi connectivity index (χ3n) is 6.79. The number of aliphatic hydroxyl groups is 1. The minimum Gasteiger partial charge on any atom is -0.497 e. The summed E-state index contributed by atoms with van der Waals surface area (Å²) in [5.41, 5.74) is 1.13. The molecule has 0 saturated carbocycles. The Morgan fingerprint density at radius 3 is 2.53 bits per heavy atom. The van der Waals surface area contributed by atoms with Gasteiger partial charge in [0, 0.05) is 22.2 Å². The first kappa shape index (κ1) is 25.6. The SMILES string of the molecule is CC[C@@H](Nc1c(Nc2ccc(Cl)c3c2C(=O)N(c2cc(OC)ccc2CO)C3)c(=O)c1=O)c1ccc(C)o1. The van der Waals surface area contributed by atoms with E-state index in [9.17, 15) is 19.5 Å². The molecule has 196 valence electrons. The third kappa shape index (κ3) is 4.23. The molecule has 5 rings (SSSR count). The van der Waals surface area contributed by atoms with Crippen LogP contribution in [0.25, 0.3) is 0 Å². The van der Waals surface area contributed by atoms with Gasteiger partial charge in [0.2, 0.25) is 0 Å². The van der Waals surface area contributed by atoms with Gasteiger partial charge < -0.3 is 29.8 Å². The monoisotopic (exact) mass is 535 g/mol. The number of carbonyl (C=O) groups excluding carboxylic acids is 1. The predicted octanol–water partition coefficient (Wildman–Crippen LogP) is 4.81. The molecule has 9 nitrogen and oxygen atoms in total. The fourth-order valence-electron chi connectivity index (χ4n) is 4.71. The number of methoxy groups -OCH3 is 1. The van der Waals surface area contributed by atoms with Crippen LogP contribution in [0.4, 0.5) is 22.7 Å². The van der Waals surface area contributed by atoms with Crippen molar-refractivity contribution >= 4 is 40.3 Å². The maximum atomic E-state index is 13.7. The summed E-state index contributed by atoms with van der Waals surface area (Å²) in [6, 6.07) is 11.7. The van der Waals surface area contributed by atoms with E-state index in [1.54, 1.807) is 30.3 Å². The maximum absolute atomic E-state index is 13.7. The van der Waals surface area contributed by atoms with Crippen LogP contribution in [-0.4, -0.2) is 18.1 Å². The lowest BCUT2D eigenvalue weighted by Crippen LogP contribution is -2.37. The molecule has 0 spiro atoms. The number of anilines is 4. The molecule has 0 bridgehead atoms. The lowest BCUT2D eigenvalue weighted by Gasteiger charge is -2.21. The summed E-state index contributed by atoms with van der Waals surface area (Å²) in [6.07, 6.45) is 0.614. The Kier molecular flexibility index (Phi) is 6.73. The number of fused-ring (bicyclic) bond motifs is 1. The molecule has 1 aliphatic rings. The first-order valence-corrected chi connectivity index (χ1v) is 12.5. The average Bonchev–Trinajstić information content (AvgIpc) is 3.52. The van der Waals surface area contributed by atoms with Crippen molar-refractivity contribution in [1.82, 2.24) is 0 Å². The van der Waals surface area contributed by atoms with E-state index in [0.717, 1.165) is 5.76 Å². The summed E-state index contributed by atoms with van der Waals surface area (Å²) >= 11 is 6.48. The largest absolute Gasteiger partial charge is 0.497 e. The molecule has 1 atom stereocenters. The van der Waals surface area contributed by atoms with Gasteiger partial charge in [0.25, 0.3) is 16.8 Å². The van der Waals surface area contributed by atoms with E-state index in [1.807, 2.05) is 26.0 Å². The number of amides is 1. The molecule has 3 N–H and O–H groups in total. The van der Waals surface area contributed by atoms with E-state index < -0.39 is 10.9 Å². The number of carbonyl (C=O) groups is 1. The van der Waals surface area contributed by atoms with Gasteiger partial charge in [-0.3, -0.25) is 14.4 Å². The molecule has 1 amide bonds. The Morgan fingerprint density at radius 2 is 1.87 bits per heavy atom. The molecule has 4 aromatic rings. The molecule has 1 aliphatic heterocycles. The molecule has 38 heavy (non-hydrogen) atoms. The first-order chi connectivity index (χ1) is 18.3. The van der Waals surface area contributed by atoms with Gasteiger partial charge in [-0.1, -0.05) is 24.6 Å². The zero-order valence-electron chi connectivity index (χ0n) is 21.1. The molecule has 3 aromatic carbocycles. The van der Waals surface area contributed by atoms with Gasteiger partial charge in [-0.05, 0) is 43.7 Å². The molecule has 2 heterocycles. The number of rotatable bonds is 9. The second-order valence-corrected chi connectivity index (χ2v) is 9.49. The lowest BCUT2D eigenvalue weighted by molar-refractivity contribution is 0.0997. The molecule has 10 heteroatoms. The number of hydrogen-bond donors (Lipinski definition) is 3. The summed E-state index contributed by atoms with van der Waals surface area (Å²) in [5, 5.41) is 16.4. The van der Waals surface area contributed by atoms with Crippen LogP contribution in [0.15, 0.2) is 56.5 Å². The van der Waals surface area contributed by atoms with Crippen molar-refractivity contribution < 1.29 is 19.1 Å². The standard InChI is InChI=1S/C28H26ClN3O6/c1-4-19(22-10-5-14(2)38-22)30-24-25(27(35)26(24)34)31-20-9-8-18(29)17-12-32(28(36)23(17)20)21-11-16(37-3)7-6-15(21)13-33/h5-11,19,30-31,33H,4,12-13H2,1-3H3/t19-/m1/s1. The Hall–Kier alpha value is -4.08. The van der Waals surface area contributed by atoms with Crippen molar-refractivity contribution in [3.05, 3.63) is 96.1 Å². The molecule has 0 fully saturated rings. The number of hydrogen-bond acceptors (Lipinski definition) is 8. The molecule has 1 aromatic heterocycles. The quantitative estimate of drug-likeness (QED) is 0.261. The van der Waals surface area contributed by atoms with Crippen LogP contribution >= 0.6 is 11.6 Å². The van der Waals surface area contributed by atoms with Crippen LogP contribution in [0.1, 0.15) is 52.4 Å². The normalized spacial score (nSPS) is 13.6. The van der Waals surface area contributed by atoms with E-state index in [2.05, 4.69) is 10.6 Å². The second-order valence-electron chi connectivity index (χ2n) is 9.08. The maximum Gasteiger partial charge on any atom is 0.261 e. The average molecular weight is 536 g/mol. The van der Waals surface area contributed by atoms with Crippen molar-refractivity contribution in [2.24, 2.45) is 0 Å². The number of aryl methyl sites for hydroxylation is 1. The number of nitrogens with one attached hydrogen (secondary N) is 2. The minimum atomic E-state index is -0.681. The Labute approximate surface area is 223 Å². The van der Waals surface area contributed by atoms with E-state index in [-0.39, 0.29) is 42.0 Å². The summed E-state index contributed by atoms with van der Waals surface area (Å²) in [6.45, 7) is 3.66. The van der Waals surface area contributed by atoms with Gasteiger partial charge >= 0.3 is 0 Å². The van der Waals surface area contributed by atoms with Crippen LogP contribution in [0.5, 0.6) is 5.75 Å². The summed E-state index contributed by atoms with van der Waals surface area (Å²) < 4.78 is 11.0. The fourth-order valence-corrected chi connectivity index (χ4v) is 4.93. The highest BCUT2D eigenvalue weighted by atomic mass is 35.5. The van der Waals surface area contributed by atoms with Gasteiger partial charge in [0.1, 0.15) is 28.6 Å². The number of furan rings is 1. The smallest absolute Gasteiger partial charge is 0.261 e. The highest BCUT2D eigenvalue weighted by Crippen LogP contribution is 2.40. The van der Waals surface area contributed by atoms with E-state index >= 15 is 0 Å². The van der Waals surface area contributed by atoms with Gasteiger partial charge in [-0.25, -0.2) is 0 Å². The minimum absolute atomic E-state index is 0.0740. The molecular weight excluding hydrogens is 510 g/mol. The lowest BCUT2D eigenvalue weighted by atomic mass is 10.1. The van der Waals surface area contributed by atoms with Gasteiger partial charge in [-0.2, -0.15) is 0 Å². The van der Waals surface area contributed by atoms with Gasteiger partial charge in [0.15, 0.2) is 0 Å². The van der Waals surface area contributed by atoms with Crippen LogP contribution in [0, 0.1) is 6.92 Å². The predicted molar refractivity (Wildman–Crippen MR) is 146 cm³/mol. The fraction of sp³-hybridized carbons (Fsp3) is 0.250. The number of aliphatic hydroxyl groups excluding tert-OH is 1. The van der Waals surface area contributed by atoms with Crippen molar-refractivity contribution in [1.29, 1.82) is 0 Å². The highest BCUT2D eigenvalue weighted by molar-refractivity contribution is 6.33. The third-order valence-corrected chi connectivity index (χ3v) is 7.14. The topological polar surface area (TPSA) is 121 Å². The highest BCUT2D eigenvalue weighted by Gasteiger charge is 2.35. The van der Waals surface area contributed by atoms with Crippen molar-refractivity contribution in [2.75, 3.05) is 22.6 Å². The van der Waals surface area contributed by atoms with Crippen LogP contribution in [0.2, 0.25) is 5.02 Å². The number of ether oxygens (including phenoxy) is 1. The Balaban J connectivity index is 1.49. The Morgan fingerprint density at radius 1 is 1.11 bits per heavy atom. The molecule has 0 unspecified atom stereocenters. The summed E-state index contributed by atoms with van der Waals surface area (Å²) in [4.78, 5) is 40.3. The molecule has 0 radical (unpaired) electrons. The van der Waals surface area contributed by atoms with Crippen LogP contribution < -0.4 is 31.1 Å². The molecule has 0 aliphatic carbocycles. The summed E-state index contributed by atoms with van der Waals surface area (Å²) in [5.74, 6) is 1.56. The van der Waals surface area contributed by atoms with E-state index in [0.29, 0.717) is 45.5 Å². The molecular formula is C28H26ClN3O6.